The fourth-order valence-electron chi connectivity index (χ4n) is 0.874. The first-order chi connectivity index (χ1) is 11.1. The molecule has 140 valence electrons. The molecule has 24 heavy (non-hydrogen) atoms. The van der Waals surface area contributed by atoms with Crippen molar-refractivity contribution in [2.45, 2.75) is 31.8 Å². The summed E-state index contributed by atoms with van der Waals surface area (Å²) in [5.41, 5.74) is 25.3. The van der Waals surface area contributed by atoms with Gasteiger partial charge in [-0.3, -0.25) is 9.59 Å². The fourth-order valence-corrected chi connectivity index (χ4v) is 0.874. The van der Waals surface area contributed by atoms with Crippen LogP contribution >= 0.6 is 0 Å². The summed E-state index contributed by atoms with van der Waals surface area (Å²) in [6, 6.07) is -1.85. The number of carboxylic acids is 2. The average Bonchev–Trinajstić information content (AvgIpc) is 2.47. The summed E-state index contributed by atoms with van der Waals surface area (Å²) in [5.74, 6) is -2.05. The van der Waals surface area contributed by atoms with Gasteiger partial charge in [0.25, 0.3) is 0 Å². The van der Waals surface area contributed by atoms with Crippen LogP contribution in [0.3, 0.4) is 0 Å². The second-order valence-electron chi connectivity index (χ2n) is 4.38. The number of oxime groups is 2. The Morgan fingerprint density at radius 2 is 1.29 bits per heavy atom. The number of nitrogens with zero attached hydrogens (tertiary/aromatic N) is 2. The van der Waals surface area contributed by atoms with Crippen LogP contribution in [0.1, 0.15) is 19.8 Å². The Hall–Kier alpha value is -2.80. The molecule has 0 bridgehead atoms. The van der Waals surface area contributed by atoms with Crippen molar-refractivity contribution in [2.24, 2.45) is 39.0 Å². The van der Waals surface area contributed by atoms with Crippen molar-refractivity contribution < 1.29 is 29.5 Å². The van der Waals surface area contributed by atoms with Crippen molar-refractivity contribution in [1.82, 2.24) is 0 Å². The highest BCUT2D eigenvalue weighted by molar-refractivity contribution is 5.76. The first kappa shape index (κ1) is 23.5. The van der Waals surface area contributed by atoms with E-state index in [0.717, 1.165) is 0 Å². The first-order valence-electron chi connectivity index (χ1n) is 6.67. The summed E-state index contributed by atoms with van der Waals surface area (Å²) in [6.45, 7) is 1.80. The van der Waals surface area contributed by atoms with E-state index in [2.05, 4.69) is 20.0 Å². The van der Waals surface area contributed by atoms with Gasteiger partial charge in [0, 0.05) is 12.8 Å². The van der Waals surface area contributed by atoms with Gasteiger partial charge in [0.15, 0.2) is 0 Å². The lowest BCUT2D eigenvalue weighted by atomic mass is 10.2. The summed E-state index contributed by atoms with van der Waals surface area (Å²) >= 11 is 0. The SMILES string of the molecule is CC(N)=NOCC[C@H](N)C(=O)O.NC(N)=NOCCC(N)C(=O)O. The number of hydrogen-bond acceptors (Lipinski definition) is 8. The Morgan fingerprint density at radius 1 is 0.917 bits per heavy atom. The van der Waals surface area contributed by atoms with Gasteiger partial charge in [-0.05, 0) is 12.1 Å². The second-order valence-corrected chi connectivity index (χ2v) is 4.38. The molecule has 0 fully saturated rings. The Labute approximate surface area is 138 Å². The predicted molar refractivity (Wildman–Crippen MR) is 85.5 cm³/mol. The molecule has 13 nitrogen and oxygen atoms in total. The van der Waals surface area contributed by atoms with Gasteiger partial charge >= 0.3 is 11.9 Å². The molecule has 1 unspecified atom stereocenters. The van der Waals surface area contributed by atoms with E-state index in [0.29, 0.717) is 5.84 Å². The molecular weight excluding hydrogens is 326 g/mol. The van der Waals surface area contributed by atoms with E-state index >= 15 is 0 Å². The largest absolute Gasteiger partial charge is 0.480 e. The third kappa shape index (κ3) is 17.3. The van der Waals surface area contributed by atoms with Gasteiger partial charge in [-0.1, -0.05) is 5.16 Å². The van der Waals surface area contributed by atoms with Crippen LogP contribution in [0.2, 0.25) is 0 Å². The fraction of sp³-hybridized carbons (Fsp3) is 0.636. The van der Waals surface area contributed by atoms with E-state index < -0.39 is 24.0 Å². The molecule has 0 aliphatic carbocycles. The van der Waals surface area contributed by atoms with E-state index in [-0.39, 0.29) is 32.0 Å². The lowest BCUT2D eigenvalue weighted by molar-refractivity contribution is -0.139. The summed E-state index contributed by atoms with van der Waals surface area (Å²) in [7, 11) is 0. The molecule has 0 rings (SSSR count). The molecule has 0 aliphatic heterocycles. The van der Waals surface area contributed by atoms with E-state index in [1.54, 1.807) is 6.92 Å². The molecule has 13 heteroatoms. The van der Waals surface area contributed by atoms with Crippen LogP contribution in [0.15, 0.2) is 10.3 Å². The maximum Gasteiger partial charge on any atom is 0.320 e. The lowest BCUT2D eigenvalue weighted by Crippen LogP contribution is -2.31. The van der Waals surface area contributed by atoms with Crippen molar-refractivity contribution in [3.63, 3.8) is 0 Å². The maximum atomic E-state index is 10.2. The molecule has 0 aromatic carbocycles. The minimum Gasteiger partial charge on any atom is -0.480 e. The quantitative estimate of drug-likeness (QED) is 0.0908. The highest BCUT2D eigenvalue weighted by atomic mass is 16.6. The number of carbonyl (C=O) groups is 2. The molecule has 0 spiro atoms. The second kappa shape index (κ2) is 13.8. The molecule has 0 aliphatic rings. The Morgan fingerprint density at radius 3 is 1.58 bits per heavy atom. The van der Waals surface area contributed by atoms with Crippen molar-refractivity contribution in [1.29, 1.82) is 0 Å². The van der Waals surface area contributed by atoms with E-state index in [4.69, 9.17) is 38.9 Å². The number of aliphatic carboxylic acids is 2. The first-order valence-corrected chi connectivity index (χ1v) is 6.67. The van der Waals surface area contributed by atoms with Crippen LogP contribution in [0.25, 0.3) is 0 Å². The third-order valence-electron chi connectivity index (χ3n) is 2.05. The number of rotatable bonds is 10. The summed E-state index contributed by atoms with van der Waals surface area (Å²) < 4.78 is 0. The van der Waals surface area contributed by atoms with Crippen molar-refractivity contribution in [3.8, 4) is 0 Å². The van der Waals surface area contributed by atoms with Crippen molar-refractivity contribution in [3.05, 3.63) is 0 Å². The number of amidine groups is 1. The van der Waals surface area contributed by atoms with Gasteiger partial charge < -0.3 is 48.6 Å². The van der Waals surface area contributed by atoms with E-state index in [1.165, 1.54) is 0 Å². The van der Waals surface area contributed by atoms with Crippen LogP contribution in [0, 0.1) is 0 Å². The summed E-state index contributed by atoms with van der Waals surface area (Å²) in [5, 5.41) is 23.3. The van der Waals surface area contributed by atoms with Crippen molar-refractivity contribution in [2.75, 3.05) is 13.2 Å². The zero-order valence-corrected chi connectivity index (χ0v) is 13.3. The van der Waals surface area contributed by atoms with Crippen LogP contribution in [-0.2, 0) is 19.3 Å². The zero-order chi connectivity index (χ0) is 19.1. The molecular formula is C11H25N7O6. The molecule has 12 N–H and O–H groups in total. The lowest BCUT2D eigenvalue weighted by Gasteiger charge is -2.03. The number of carboxylic acid groups (broad SMARTS) is 2. The number of hydrogen-bond donors (Lipinski definition) is 7. The summed E-state index contributed by atoms with van der Waals surface area (Å²) in [6.07, 6.45) is 0.373. The molecule has 0 aromatic heterocycles. The smallest absolute Gasteiger partial charge is 0.320 e. The molecule has 0 radical (unpaired) electrons. The minimum absolute atomic E-state index is 0.0748. The normalized spacial score (nSPS) is 12.9. The van der Waals surface area contributed by atoms with Gasteiger partial charge in [-0.15, -0.1) is 0 Å². The Balaban J connectivity index is 0. The Bertz CT molecular complexity index is 395. The van der Waals surface area contributed by atoms with Crippen LogP contribution < -0.4 is 28.7 Å². The highest BCUT2D eigenvalue weighted by Gasteiger charge is 2.11. The standard InChI is InChI=1S/C6H13N3O3.C5H12N4O3/c1-4(7)9-12-3-2-5(8)6(10)11;6-3(4(10)11)1-2-12-9-5(7)8/h5H,2-3,8H2,1H3,(H2,7,9)(H,10,11);3H,1-2,6H2,(H,10,11)(H4,7,8,9)/t5-;/m0./s1. The van der Waals surface area contributed by atoms with Crippen LogP contribution in [0.5, 0.6) is 0 Å². The molecule has 0 aromatic rings. The topological polar surface area (TPSA) is 248 Å². The third-order valence-corrected chi connectivity index (χ3v) is 2.05. The zero-order valence-electron chi connectivity index (χ0n) is 13.3. The van der Waals surface area contributed by atoms with Gasteiger partial charge in [0.2, 0.25) is 5.96 Å². The van der Waals surface area contributed by atoms with Gasteiger partial charge in [-0.25, -0.2) is 0 Å². The molecule has 0 amide bonds. The number of nitrogens with two attached hydrogens (primary N) is 5. The molecule has 0 saturated heterocycles. The molecule has 0 saturated carbocycles. The number of guanidine groups is 1. The predicted octanol–water partition coefficient (Wildman–Crippen LogP) is -2.91. The van der Waals surface area contributed by atoms with Crippen LogP contribution in [0.4, 0.5) is 0 Å². The molecule has 2 atom stereocenters. The minimum atomic E-state index is -1.08. The van der Waals surface area contributed by atoms with E-state index in [1.807, 2.05) is 0 Å². The van der Waals surface area contributed by atoms with Crippen molar-refractivity contribution >= 4 is 23.7 Å². The highest BCUT2D eigenvalue weighted by Crippen LogP contribution is 1.90. The van der Waals surface area contributed by atoms with Gasteiger partial charge in [0.1, 0.15) is 31.1 Å². The Kier molecular flexibility index (Phi) is 13.5. The summed E-state index contributed by atoms with van der Waals surface area (Å²) in [4.78, 5) is 29.5. The van der Waals surface area contributed by atoms with Gasteiger partial charge in [0.05, 0.1) is 0 Å². The van der Waals surface area contributed by atoms with Crippen LogP contribution in [-0.4, -0.2) is 59.2 Å². The van der Waals surface area contributed by atoms with Gasteiger partial charge in [-0.2, -0.15) is 0 Å². The molecule has 0 heterocycles. The van der Waals surface area contributed by atoms with E-state index in [9.17, 15) is 9.59 Å². The average molecular weight is 351 g/mol. The maximum absolute atomic E-state index is 10.2. The monoisotopic (exact) mass is 351 g/mol.